The second-order valence-electron chi connectivity index (χ2n) is 8.14. The normalized spacial score (nSPS) is 15.9. The molecule has 0 bridgehead atoms. The van der Waals surface area contributed by atoms with Crippen molar-refractivity contribution in [2.24, 2.45) is 0 Å². The van der Waals surface area contributed by atoms with Gasteiger partial charge >= 0.3 is 0 Å². The van der Waals surface area contributed by atoms with Crippen LogP contribution < -0.4 is 5.32 Å². The van der Waals surface area contributed by atoms with Gasteiger partial charge in [0.1, 0.15) is 5.69 Å². The van der Waals surface area contributed by atoms with Gasteiger partial charge in [-0.05, 0) is 50.5 Å². The van der Waals surface area contributed by atoms with E-state index in [0.29, 0.717) is 18.3 Å². The van der Waals surface area contributed by atoms with Crippen LogP contribution in [0.3, 0.4) is 0 Å². The third-order valence-electron chi connectivity index (χ3n) is 5.92. The summed E-state index contributed by atoms with van der Waals surface area (Å²) in [5, 5.41) is 5.07. The fourth-order valence-corrected chi connectivity index (χ4v) is 4.38. The summed E-state index contributed by atoms with van der Waals surface area (Å²) in [6, 6.07) is 18.7. The molecule has 1 fully saturated rings. The van der Waals surface area contributed by atoms with E-state index >= 15 is 0 Å². The predicted molar refractivity (Wildman–Crippen MR) is 120 cm³/mol. The predicted octanol–water partition coefficient (Wildman–Crippen LogP) is 4.95. The molecule has 1 amide bonds. The lowest BCUT2D eigenvalue weighted by Gasteiger charge is -2.34. The maximum Gasteiger partial charge on any atom is 0.268 e. The van der Waals surface area contributed by atoms with E-state index in [1.54, 1.807) is 0 Å². The number of para-hydroxylation sites is 1. The molecule has 2 aromatic carbocycles. The number of halogens is 1. The molecule has 0 saturated carbocycles. The van der Waals surface area contributed by atoms with E-state index in [4.69, 9.17) is 11.6 Å². The van der Waals surface area contributed by atoms with Crippen LogP contribution >= 0.6 is 11.6 Å². The monoisotopic (exact) mass is 409 g/mol. The van der Waals surface area contributed by atoms with E-state index in [1.807, 2.05) is 42.5 Å². The minimum atomic E-state index is -0.00347. The molecule has 1 aromatic heterocycles. The van der Waals surface area contributed by atoms with Gasteiger partial charge in [0.2, 0.25) is 0 Å². The van der Waals surface area contributed by atoms with E-state index in [1.165, 1.54) is 0 Å². The van der Waals surface area contributed by atoms with E-state index in [0.717, 1.165) is 47.4 Å². The van der Waals surface area contributed by atoms with Gasteiger partial charge in [-0.1, -0.05) is 48.0 Å². The molecule has 4 rings (SSSR count). The summed E-state index contributed by atoms with van der Waals surface area (Å²) >= 11 is 6.40. The molecule has 1 N–H and O–H groups in total. The van der Waals surface area contributed by atoms with Crippen LogP contribution in [0.4, 0.5) is 0 Å². The highest BCUT2D eigenvalue weighted by Crippen LogP contribution is 2.24. The summed E-state index contributed by atoms with van der Waals surface area (Å²) in [5.41, 5.74) is 2.75. The molecule has 4 nitrogen and oxygen atoms in total. The van der Waals surface area contributed by atoms with Crippen molar-refractivity contribution < 1.29 is 4.79 Å². The van der Waals surface area contributed by atoms with Gasteiger partial charge in [0.05, 0.1) is 0 Å². The van der Waals surface area contributed by atoms with E-state index < -0.39 is 0 Å². The van der Waals surface area contributed by atoms with Gasteiger partial charge in [-0.3, -0.25) is 4.79 Å². The zero-order valence-corrected chi connectivity index (χ0v) is 17.8. The first kappa shape index (κ1) is 20.0. The zero-order valence-electron chi connectivity index (χ0n) is 17.1. The molecule has 0 unspecified atom stereocenters. The number of fused-ring (bicyclic) bond motifs is 1. The average Bonchev–Trinajstić information content (AvgIpc) is 3.09. The lowest BCUT2D eigenvalue weighted by molar-refractivity contribution is 0.0892. The van der Waals surface area contributed by atoms with Gasteiger partial charge in [0.25, 0.3) is 5.91 Å². The number of carbonyl (C=O) groups excluding carboxylic acids is 1. The minimum absolute atomic E-state index is 0.00347. The summed E-state index contributed by atoms with van der Waals surface area (Å²) in [7, 11) is 0. The molecule has 0 spiro atoms. The van der Waals surface area contributed by atoms with Gasteiger partial charge in [0, 0.05) is 47.6 Å². The molecule has 152 valence electrons. The van der Waals surface area contributed by atoms with Crippen LogP contribution in [-0.4, -0.2) is 40.5 Å². The van der Waals surface area contributed by atoms with Crippen molar-refractivity contribution in [1.29, 1.82) is 0 Å². The number of aromatic nitrogens is 1. The minimum Gasteiger partial charge on any atom is -0.348 e. The third kappa shape index (κ3) is 4.34. The van der Waals surface area contributed by atoms with Crippen LogP contribution in [0.25, 0.3) is 10.9 Å². The lowest BCUT2D eigenvalue weighted by Crippen LogP contribution is -2.46. The van der Waals surface area contributed by atoms with Crippen LogP contribution in [0.15, 0.2) is 54.6 Å². The Bertz CT molecular complexity index is 1000. The number of rotatable bonds is 5. The van der Waals surface area contributed by atoms with Crippen molar-refractivity contribution in [3.8, 4) is 0 Å². The van der Waals surface area contributed by atoms with Gasteiger partial charge in [-0.25, -0.2) is 0 Å². The second-order valence-corrected chi connectivity index (χ2v) is 8.55. The van der Waals surface area contributed by atoms with Gasteiger partial charge in [-0.15, -0.1) is 0 Å². The molecule has 29 heavy (non-hydrogen) atoms. The zero-order chi connectivity index (χ0) is 20.4. The average molecular weight is 410 g/mol. The van der Waals surface area contributed by atoms with Gasteiger partial charge in [0.15, 0.2) is 0 Å². The molecule has 0 radical (unpaired) electrons. The second kappa shape index (κ2) is 8.60. The summed E-state index contributed by atoms with van der Waals surface area (Å²) in [4.78, 5) is 15.7. The Labute approximate surface area is 177 Å². The number of hydrogen-bond acceptors (Lipinski definition) is 2. The maximum absolute atomic E-state index is 13.2. The van der Waals surface area contributed by atoms with Gasteiger partial charge < -0.3 is 14.8 Å². The van der Waals surface area contributed by atoms with Crippen LogP contribution in [0.5, 0.6) is 0 Å². The van der Waals surface area contributed by atoms with E-state index in [9.17, 15) is 4.79 Å². The topological polar surface area (TPSA) is 37.3 Å². The fraction of sp³-hybridized carbons (Fsp3) is 0.375. The van der Waals surface area contributed by atoms with Crippen molar-refractivity contribution >= 4 is 28.4 Å². The number of carbonyl (C=O) groups is 1. The number of nitrogens with zero attached hydrogens (tertiary/aromatic N) is 2. The van der Waals surface area contributed by atoms with Crippen LogP contribution in [0.2, 0.25) is 5.02 Å². The Hall–Kier alpha value is -2.30. The molecule has 2 heterocycles. The Morgan fingerprint density at radius 1 is 1.10 bits per heavy atom. The quantitative estimate of drug-likeness (QED) is 0.647. The van der Waals surface area contributed by atoms with Crippen LogP contribution in [0, 0.1) is 0 Å². The fourth-order valence-electron chi connectivity index (χ4n) is 4.19. The summed E-state index contributed by atoms with van der Waals surface area (Å²) in [5.74, 6) is -0.00347. The first-order valence-electron chi connectivity index (χ1n) is 10.4. The summed E-state index contributed by atoms with van der Waals surface area (Å²) in [6.07, 6.45) is 1.99. The highest BCUT2D eigenvalue weighted by molar-refractivity contribution is 6.31. The van der Waals surface area contributed by atoms with Crippen molar-refractivity contribution in [3.63, 3.8) is 0 Å². The molecule has 3 aromatic rings. The first-order chi connectivity index (χ1) is 14.0. The number of benzene rings is 2. The molecular weight excluding hydrogens is 382 g/mol. The molecule has 1 aliphatic heterocycles. The van der Waals surface area contributed by atoms with Crippen molar-refractivity contribution in [1.82, 2.24) is 14.8 Å². The Morgan fingerprint density at radius 3 is 2.52 bits per heavy atom. The van der Waals surface area contributed by atoms with Gasteiger partial charge in [-0.2, -0.15) is 0 Å². The number of piperidine rings is 1. The SMILES string of the molecule is CC(C)N1CCC(NC(=O)c2cc3ccccc3n2Cc2ccccc2Cl)CC1. The molecule has 1 saturated heterocycles. The number of amides is 1. The van der Waals surface area contributed by atoms with E-state index in [2.05, 4.69) is 40.8 Å². The molecule has 0 aliphatic carbocycles. The standard InChI is InChI=1S/C24H28ClN3O/c1-17(2)27-13-11-20(12-14-27)26-24(29)23-15-18-7-4-6-10-22(18)28(23)16-19-8-3-5-9-21(19)25/h3-10,15,17,20H,11-14,16H2,1-2H3,(H,26,29). The highest BCUT2D eigenvalue weighted by Gasteiger charge is 2.24. The summed E-state index contributed by atoms with van der Waals surface area (Å²) < 4.78 is 2.08. The van der Waals surface area contributed by atoms with Crippen LogP contribution in [0.1, 0.15) is 42.7 Å². The van der Waals surface area contributed by atoms with Crippen molar-refractivity contribution in [2.45, 2.75) is 45.3 Å². The molecule has 1 aliphatic rings. The smallest absolute Gasteiger partial charge is 0.268 e. The molecular formula is C24H28ClN3O. The lowest BCUT2D eigenvalue weighted by atomic mass is 10.0. The van der Waals surface area contributed by atoms with Crippen LogP contribution in [-0.2, 0) is 6.54 Å². The Balaban J connectivity index is 1.58. The number of hydrogen-bond donors (Lipinski definition) is 1. The largest absolute Gasteiger partial charge is 0.348 e. The Kier molecular flexibility index (Phi) is 5.93. The van der Waals surface area contributed by atoms with E-state index in [-0.39, 0.29) is 11.9 Å². The molecule has 5 heteroatoms. The summed E-state index contributed by atoms with van der Waals surface area (Å²) in [6.45, 7) is 7.09. The van der Waals surface area contributed by atoms with Crippen molar-refractivity contribution in [3.05, 3.63) is 70.9 Å². The van der Waals surface area contributed by atoms with Crippen molar-refractivity contribution in [2.75, 3.05) is 13.1 Å². The number of nitrogens with one attached hydrogen (secondary N) is 1. The highest BCUT2D eigenvalue weighted by atomic mass is 35.5. The first-order valence-corrected chi connectivity index (χ1v) is 10.8. The maximum atomic E-state index is 13.2. The number of likely N-dealkylation sites (tertiary alicyclic amines) is 1. The Morgan fingerprint density at radius 2 is 1.79 bits per heavy atom. The molecule has 0 atom stereocenters. The third-order valence-corrected chi connectivity index (χ3v) is 6.29.